The second kappa shape index (κ2) is 7.82. The molecule has 1 fully saturated rings. The molecule has 0 bridgehead atoms. The second-order valence-electron chi connectivity index (χ2n) is 7.29. The van der Waals surface area contributed by atoms with Crippen LogP contribution in [0.15, 0.2) is 48.5 Å². The third kappa shape index (κ3) is 3.97. The molecule has 1 N–H and O–H groups in total. The number of hydrogen-bond donors (Lipinski definition) is 1. The van der Waals surface area contributed by atoms with Crippen molar-refractivity contribution in [2.75, 3.05) is 29.9 Å². The van der Waals surface area contributed by atoms with Crippen LogP contribution in [0.3, 0.4) is 0 Å². The van der Waals surface area contributed by atoms with E-state index < -0.39 is 11.8 Å². The molecule has 2 aliphatic heterocycles. The topological polar surface area (TPSA) is 52.7 Å². The van der Waals surface area contributed by atoms with Crippen molar-refractivity contribution in [3.63, 3.8) is 0 Å². The summed E-state index contributed by atoms with van der Waals surface area (Å²) in [6.07, 6.45) is 4.55. The third-order valence-corrected chi connectivity index (χ3v) is 5.46. The van der Waals surface area contributed by atoms with Gasteiger partial charge in [0, 0.05) is 37.6 Å². The van der Waals surface area contributed by atoms with Gasteiger partial charge < -0.3 is 15.1 Å². The second-order valence-corrected chi connectivity index (χ2v) is 7.29. The monoisotopic (exact) mass is 363 g/mol. The molecule has 27 heavy (non-hydrogen) atoms. The Balaban J connectivity index is 1.36. The van der Waals surface area contributed by atoms with E-state index in [0.717, 1.165) is 25.1 Å². The van der Waals surface area contributed by atoms with Crippen LogP contribution in [0.5, 0.6) is 0 Å². The lowest BCUT2D eigenvalue weighted by molar-refractivity contribution is -0.143. The largest absolute Gasteiger partial charge is 0.372 e. The number of anilines is 2. The molecule has 2 heterocycles. The Morgan fingerprint density at radius 3 is 2.26 bits per heavy atom. The fourth-order valence-corrected chi connectivity index (χ4v) is 3.90. The van der Waals surface area contributed by atoms with Gasteiger partial charge in [-0.1, -0.05) is 24.3 Å². The highest BCUT2D eigenvalue weighted by molar-refractivity contribution is 6.39. The molecule has 4 rings (SSSR count). The van der Waals surface area contributed by atoms with Crippen molar-refractivity contribution in [1.29, 1.82) is 0 Å². The van der Waals surface area contributed by atoms with Crippen LogP contribution < -0.4 is 10.2 Å². The van der Waals surface area contributed by atoms with Crippen molar-refractivity contribution in [2.45, 2.75) is 32.2 Å². The number of benzene rings is 2. The van der Waals surface area contributed by atoms with E-state index in [4.69, 9.17) is 0 Å². The first-order valence-corrected chi connectivity index (χ1v) is 9.73. The molecule has 5 heteroatoms. The Bertz CT molecular complexity index is 826. The minimum absolute atomic E-state index is 0.468. The first kappa shape index (κ1) is 17.6. The summed E-state index contributed by atoms with van der Waals surface area (Å²) in [6.45, 7) is 3.24. The van der Waals surface area contributed by atoms with Gasteiger partial charge in [0.2, 0.25) is 0 Å². The van der Waals surface area contributed by atoms with Crippen molar-refractivity contribution in [2.24, 2.45) is 0 Å². The normalized spacial score (nSPS) is 16.6. The molecule has 5 nitrogen and oxygen atoms in total. The highest BCUT2D eigenvalue weighted by atomic mass is 16.2. The number of fused-ring (bicyclic) bond motifs is 1. The zero-order valence-corrected chi connectivity index (χ0v) is 15.5. The van der Waals surface area contributed by atoms with Crippen molar-refractivity contribution in [1.82, 2.24) is 4.90 Å². The maximum Gasteiger partial charge on any atom is 0.313 e. The van der Waals surface area contributed by atoms with Gasteiger partial charge >= 0.3 is 11.8 Å². The molecule has 0 aromatic heterocycles. The molecule has 2 aromatic carbocycles. The summed E-state index contributed by atoms with van der Waals surface area (Å²) in [6, 6.07) is 15.9. The van der Waals surface area contributed by atoms with Gasteiger partial charge in [-0.05, 0) is 61.1 Å². The van der Waals surface area contributed by atoms with E-state index in [0.29, 0.717) is 18.8 Å². The highest BCUT2D eigenvalue weighted by Crippen LogP contribution is 2.22. The number of hydrogen-bond acceptors (Lipinski definition) is 3. The summed E-state index contributed by atoms with van der Waals surface area (Å²) in [5.41, 5.74) is 4.21. The van der Waals surface area contributed by atoms with Crippen LogP contribution in [-0.4, -0.2) is 36.3 Å². The van der Waals surface area contributed by atoms with Crippen molar-refractivity contribution in [3.05, 3.63) is 59.7 Å². The molecule has 1 saturated heterocycles. The summed E-state index contributed by atoms with van der Waals surface area (Å²) in [7, 11) is 0. The Hall–Kier alpha value is -2.82. The van der Waals surface area contributed by atoms with E-state index >= 15 is 0 Å². The van der Waals surface area contributed by atoms with Crippen molar-refractivity contribution >= 4 is 23.2 Å². The Morgan fingerprint density at radius 1 is 0.815 bits per heavy atom. The van der Waals surface area contributed by atoms with E-state index in [1.807, 2.05) is 42.5 Å². The van der Waals surface area contributed by atoms with Gasteiger partial charge in [0.05, 0.1) is 0 Å². The Morgan fingerprint density at radius 2 is 1.52 bits per heavy atom. The van der Waals surface area contributed by atoms with E-state index in [1.54, 1.807) is 4.90 Å². The number of amides is 2. The minimum atomic E-state index is -0.569. The molecule has 0 saturated carbocycles. The molecule has 0 unspecified atom stereocenters. The molecule has 2 aliphatic rings. The molecule has 0 spiro atoms. The van der Waals surface area contributed by atoms with Gasteiger partial charge in [0.15, 0.2) is 0 Å². The van der Waals surface area contributed by atoms with Crippen LogP contribution in [0.1, 0.15) is 30.4 Å². The fraction of sp³-hybridized carbons (Fsp3) is 0.364. The highest BCUT2D eigenvalue weighted by Gasteiger charge is 2.25. The molecule has 0 aliphatic carbocycles. The molecule has 0 atom stereocenters. The zero-order chi connectivity index (χ0) is 18.6. The average molecular weight is 363 g/mol. The number of rotatable bonds is 2. The predicted octanol–water partition coefficient (Wildman–Crippen LogP) is 3.20. The van der Waals surface area contributed by atoms with E-state index in [1.165, 1.54) is 30.5 Å². The van der Waals surface area contributed by atoms with Gasteiger partial charge in [0.25, 0.3) is 0 Å². The van der Waals surface area contributed by atoms with E-state index in [-0.39, 0.29) is 0 Å². The summed E-state index contributed by atoms with van der Waals surface area (Å²) in [5, 5.41) is 2.74. The fourth-order valence-electron chi connectivity index (χ4n) is 3.90. The number of piperidine rings is 1. The van der Waals surface area contributed by atoms with Crippen LogP contribution in [0.25, 0.3) is 0 Å². The minimum Gasteiger partial charge on any atom is -0.372 e. The van der Waals surface area contributed by atoms with Crippen molar-refractivity contribution < 1.29 is 9.59 Å². The van der Waals surface area contributed by atoms with Gasteiger partial charge in [0.1, 0.15) is 0 Å². The summed E-state index contributed by atoms with van der Waals surface area (Å²) >= 11 is 0. The zero-order valence-electron chi connectivity index (χ0n) is 15.5. The first-order chi connectivity index (χ1) is 13.2. The molecule has 2 aromatic rings. The lowest BCUT2D eigenvalue weighted by atomic mass is 10.00. The van der Waals surface area contributed by atoms with E-state index in [2.05, 4.69) is 16.3 Å². The van der Waals surface area contributed by atoms with Gasteiger partial charge in [-0.15, -0.1) is 0 Å². The lowest BCUT2D eigenvalue weighted by Crippen LogP contribution is -2.42. The summed E-state index contributed by atoms with van der Waals surface area (Å²) < 4.78 is 0. The summed E-state index contributed by atoms with van der Waals surface area (Å²) in [4.78, 5) is 28.9. The maximum atomic E-state index is 12.5. The van der Waals surface area contributed by atoms with E-state index in [9.17, 15) is 9.59 Å². The first-order valence-electron chi connectivity index (χ1n) is 9.73. The van der Waals surface area contributed by atoms with Crippen LogP contribution in [0.4, 0.5) is 11.4 Å². The number of carbonyl (C=O) groups is 2. The van der Waals surface area contributed by atoms with Crippen LogP contribution in [-0.2, 0) is 22.6 Å². The number of carbonyl (C=O) groups excluding carboxylic acids is 2. The van der Waals surface area contributed by atoms with Crippen LogP contribution >= 0.6 is 0 Å². The SMILES string of the molecule is O=C(Nc1ccc(N2CCCCC2)cc1)C(=O)N1CCc2ccccc2C1. The number of nitrogens with zero attached hydrogens (tertiary/aromatic N) is 2. The predicted molar refractivity (Wildman–Crippen MR) is 107 cm³/mol. The maximum absolute atomic E-state index is 12.5. The molecule has 0 radical (unpaired) electrons. The van der Waals surface area contributed by atoms with Crippen LogP contribution in [0.2, 0.25) is 0 Å². The quantitative estimate of drug-likeness (QED) is 0.834. The van der Waals surface area contributed by atoms with Gasteiger partial charge in [-0.25, -0.2) is 0 Å². The molecular formula is C22H25N3O2. The van der Waals surface area contributed by atoms with Crippen LogP contribution in [0, 0.1) is 0 Å². The average Bonchev–Trinajstić information content (AvgIpc) is 2.74. The number of nitrogens with one attached hydrogen (secondary N) is 1. The van der Waals surface area contributed by atoms with Gasteiger partial charge in [-0.3, -0.25) is 9.59 Å². The molecular weight excluding hydrogens is 338 g/mol. The Kier molecular flexibility index (Phi) is 5.10. The third-order valence-electron chi connectivity index (χ3n) is 5.46. The standard InChI is InChI=1S/C22H25N3O2/c26-21(22(27)25-15-12-17-6-2-3-7-18(17)16-25)23-19-8-10-20(11-9-19)24-13-4-1-5-14-24/h2-3,6-11H,1,4-5,12-16H2,(H,23,26). The smallest absolute Gasteiger partial charge is 0.313 e. The van der Waals surface area contributed by atoms with Gasteiger partial charge in [-0.2, -0.15) is 0 Å². The Labute approximate surface area is 160 Å². The van der Waals surface area contributed by atoms with Crippen molar-refractivity contribution in [3.8, 4) is 0 Å². The summed E-state index contributed by atoms with van der Waals surface area (Å²) in [5.74, 6) is -1.04. The molecule has 140 valence electrons. The molecule has 2 amide bonds. The lowest BCUT2D eigenvalue weighted by Gasteiger charge is -2.29.